The number of nitrogens with one attached hydrogen (secondary N) is 1. The Morgan fingerprint density at radius 3 is 2.26 bits per heavy atom. The molecule has 2 aromatic rings. The van der Waals surface area contributed by atoms with E-state index in [4.69, 9.17) is 10.6 Å². The van der Waals surface area contributed by atoms with Crippen LogP contribution in [0.4, 0.5) is 0 Å². The molecule has 0 unspecified atom stereocenters. The molecule has 0 saturated heterocycles. The van der Waals surface area contributed by atoms with Gasteiger partial charge < -0.3 is 4.74 Å². The highest BCUT2D eigenvalue weighted by Gasteiger charge is 2.01. The van der Waals surface area contributed by atoms with Crippen molar-refractivity contribution in [3.63, 3.8) is 0 Å². The van der Waals surface area contributed by atoms with Crippen LogP contribution in [0, 0.1) is 0 Å². The zero-order valence-corrected chi connectivity index (χ0v) is 10.5. The lowest BCUT2D eigenvalue weighted by Gasteiger charge is -2.06. The van der Waals surface area contributed by atoms with Crippen LogP contribution < -0.4 is 16.0 Å². The Kier molecular flexibility index (Phi) is 4.53. The summed E-state index contributed by atoms with van der Waals surface area (Å²) in [6.45, 7) is 0. The van der Waals surface area contributed by atoms with Gasteiger partial charge in [0.1, 0.15) is 11.5 Å². The lowest BCUT2D eigenvalue weighted by atomic mass is 10.1. The molecule has 0 aliphatic rings. The van der Waals surface area contributed by atoms with Crippen molar-refractivity contribution < 1.29 is 9.53 Å². The third-order valence-electron chi connectivity index (χ3n) is 2.70. The number of rotatable bonds is 5. The Labute approximate surface area is 112 Å². The first-order chi connectivity index (χ1) is 9.28. The number of nitrogens with two attached hydrogens (primary N) is 1. The van der Waals surface area contributed by atoms with Gasteiger partial charge in [0.05, 0.1) is 0 Å². The number of aryl methyl sites for hydroxylation is 1. The third kappa shape index (κ3) is 4.12. The minimum atomic E-state index is -0.162. The fourth-order valence-electron chi connectivity index (χ4n) is 1.68. The number of hydrazine groups is 1. The van der Waals surface area contributed by atoms with Crippen LogP contribution in [0.3, 0.4) is 0 Å². The van der Waals surface area contributed by atoms with Crippen LogP contribution in [0.2, 0.25) is 0 Å². The van der Waals surface area contributed by atoms with Crippen LogP contribution in [-0.4, -0.2) is 5.91 Å². The summed E-state index contributed by atoms with van der Waals surface area (Å²) in [5, 5.41) is 0. The van der Waals surface area contributed by atoms with Crippen LogP contribution in [0.5, 0.6) is 11.5 Å². The Bertz CT molecular complexity index is 524. The number of hydrogen-bond donors (Lipinski definition) is 2. The normalized spacial score (nSPS) is 9.95. The highest BCUT2D eigenvalue weighted by atomic mass is 16.5. The van der Waals surface area contributed by atoms with Crippen molar-refractivity contribution in [1.29, 1.82) is 0 Å². The maximum Gasteiger partial charge on any atom is 0.234 e. The predicted octanol–water partition coefficient (Wildman–Crippen LogP) is 2.40. The van der Waals surface area contributed by atoms with E-state index in [2.05, 4.69) is 5.43 Å². The number of carbonyl (C=O) groups is 1. The van der Waals surface area contributed by atoms with E-state index in [0.717, 1.165) is 17.1 Å². The first kappa shape index (κ1) is 13.1. The number of ether oxygens (including phenoxy) is 1. The van der Waals surface area contributed by atoms with E-state index in [1.807, 2.05) is 54.6 Å². The lowest BCUT2D eigenvalue weighted by Crippen LogP contribution is -2.30. The predicted molar refractivity (Wildman–Crippen MR) is 73.6 cm³/mol. The van der Waals surface area contributed by atoms with Crippen LogP contribution in [0.1, 0.15) is 12.0 Å². The van der Waals surface area contributed by atoms with Crippen molar-refractivity contribution in [3.8, 4) is 11.5 Å². The molecule has 19 heavy (non-hydrogen) atoms. The van der Waals surface area contributed by atoms with Crippen LogP contribution in [-0.2, 0) is 11.2 Å². The summed E-state index contributed by atoms with van der Waals surface area (Å²) < 4.78 is 5.68. The summed E-state index contributed by atoms with van der Waals surface area (Å²) in [5.41, 5.74) is 3.19. The summed E-state index contributed by atoms with van der Waals surface area (Å²) in [6.07, 6.45) is 1.05. The van der Waals surface area contributed by atoms with E-state index in [1.54, 1.807) is 0 Å². The number of amides is 1. The second-order valence-electron chi connectivity index (χ2n) is 4.13. The van der Waals surface area contributed by atoms with E-state index in [1.165, 1.54) is 0 Å². The van der Waals surface area contributed by atoms with Gasteiger partial charge in [-0.25, -0.2) is 5.84 Å². The molecule has 0 saturated carbocycles. The average molecular weight is 256 g/mol. The van der Waals surface area contributed by atoms with Gasteiger partial charge in [0.25, 0.3) is 0 Å². The Morgan fingerprint density at radius 1 is 1.00 bits per heavy atom. The van der Waals surface area contributed by atoms with Crippen molar-refractivity contribution in [2.45, 2.75) is 12.8 Å². The fourth-order valence-corrected chi connectivity index (χ4v) is 1.68. The Hall–Kier alpha value is -2.33. The molecule has 4 nitrogen and oxygen atoms in total. The largest absolute Gasteiger partial charge is 0.457 e. The van der Waals surface area contributed by atoms with Crippen LogP contribution in [0.15, 0.2) is 54.6 Å². The van der Waals surface area contributed by atoms with Gasteiger partial charge in [-0.1, -0.05) is 30.3 Å². The molecule has 0 atom stereocenters. The summed E-state index contributed by atoms with van der Waals surface area (Å²) in [5.74, 6) is 6.44. The van der Waals surface area contributed by atoms with Gasteiger partial charge in [-0.2, -0.15) is 0 Å². The van der Waals surface area contributed by atoms with Gasteiger partial charge >= 0.3 is 0 Å². The van der Waals surface area contributed by atoms with Gasteiger partial charge in [0.15, 0.2) is 0 Å². The number of benzene rings is 2. The molecule has 4 heteroatoms. The van der Waals surface area contributed by atoms with Crippen LogP contribution >= 0.6 is 0 Å². The fraction of sp³-hybridized carbons (Fsp3) is 0.133. The summed E-state index contributed by atoms with van der Waals surface area (Å²) in [7, 11) is 0. The molecule has 3 N–H and O–H groups in total. The maximum atomic E-state index is 11.0. The van der Waals surface area contributed by atoms with Crippen molar-refractivity contribution in [3.05, 3.63) is 60.2 Å². The Morgan fingerprint density at radius 2 is 1.63 bits per heavy atom. The quantitative estimate of drug-likeness (QED) is 0.490. The van der Waals surface area contributed by atoms with Gasteiger partial charge in [0.2, 0.25) is 5.91 Å². The summed E-state index contributed by atoms with van der Waals surface area (Å²) in [6, 6.07) is 17.3. The van der Waals surface area contributed by atoms with Gasteiger partial charge in [-0.3, -0.25) is 10.2 Å². The minimum Gasteiger partial charge on any atom is -0.457 e. The summed E-state index contributed by atoms with van der Waals surface area (Å²) in [4.78, 5) is 11.0. The zero-order valence-electron chi connectivity index (χ0n) is 10.5. The van der Waals surface area contributed by atoms with Crippen molar-refractivity contribution >= 4 is 5.91 Å². The molecular formula is C15H16N2O2. The zero-order chi connectivity index (χ0) is 13.5. The molecule has 0 bridgehead atoms. The smallest absolute Gasteiger partial charge is 0.234 e. The molecule has 0 aliphatic carbocycles. The SMILES string of the molecule is NNC(=O)CCc1ccc(Oc2ccccc2)cc1. The molecule has 2 aromatic carbocycles. The van der Waals surface area contributed by atoms with Crippen LogP contribution in [0.25, 0.3) is 0 Å². The molecule has 2 rings (SSSR count). The highest BCUT2D eigenvalue weighted by molar-refractivity contribution is 5.75. The minimum absolute atomic E-state index is 0.162. The molecule has 1 amide bonds. The van der Waals surface area contributed by atoms with E-state index in [-0.39, 0.29) is 5.91 Å². The molecule has 0 spiro atoms. The number of carbonyl (C=O) groups excluding carboxylic acids is 1. The van der Waals surface area contributed by atoms with Crippen molar-refractivity contribution in [1.82, 2.24) is 5.43 Å². The van der Waals surface area contributed by atoms with Gasteiger partial charge in [-0.15, -0.1) is 0 Å². The van der Waals surface area contributed by atoms with E-state index in [0.29, 0.717) is 12.8 Å². The summed E-state index contributed by atoms with van der Waals surface area (Å²) >= 11 is 0. The molecular weight excluding hydrogens is 240 g/mol. The highest BCUT2D eigenvalue weighted by Crippen LogP contribution is 2.21. The lowest BCUT2D eigenvalue weighted by molar-refractivity contribution is -0.121. The van der Waals surface area contributed by atoms with Gasteiger partial charge in [0, 0.05) is 6.42 Å². The van der Waals surface area contributed by atoms with Gasteiger partial charge in [-0.05, 0) is 36.2 Å². The maximum absolute atomic E-state index is 11.0. The molecule has 0 heterocycles. The number of hydrogen-bond acceptors (Lipinski definition) is 3. The second kappa shape index (κ2) is 6.56. The third-order valence-corrected chi connectivity index (χ3v) is 2.70. The first-order valence-corrected chi connectivity index (χ1v) is 6.09. The average Bonchev–Trinajstić information content (AvgIpc) is 2.47. The monoisotopic (exact) mass is 256 g/mol. The molecule has 98 valence electrons. The van der Waals surface area contributed by atoms with E-state index >= 15 is 0 Å². The standard InChI is InChI=1S/C15H16N2O2/c16-17-15(18)11-8-12-6-9-14(10-7-12)19-13-4-2-1-3-5-13/h1-7,9-10H,8,11,16H2,(H,17,18). The van der Waals surface area contributed by atoms with E-state index < -0.39 is 0 Å². The van der Waals surface area contributed by atoms with Crippen molar-refractivity contribution in [2.75, 3.05) is 0 Å². The van der Waals surface area contributed by atoms with E-state index in [9.17, 15) is 4.79 Å². The topological polar surface area (TPSA) is 64.3 Å². The van der Waals surface area contributed by atoms with Crippen molar-refractivity contribution in [2.24, 2.45) is 5.84 Å². The molecule has 0 aromatic heterocycles. The molecule has 0 fully saturated rings. The first-order valence-electron chi connectivity index (χ1n) is 6.09. The number of para-hydroxylation sites is 1. The second-order valence-corrected chi connectivity index (χ2v) is 4.13. The Balaban J connectivity index is 1.93. The molecule has 0 radical (unpaired) electrons. The molecule has 0 aliphatic heterocycles.